The van der Waals surface area contributed by atoms with Crippen LogP contribution in [0.2, 0.25) is 0 Å². The number of H-pyrrole nitrogens is 1. The van der Waals surface area contributed by atoms with Gasteiger partial charge in [-0.1, -0.05) is 38.5 Å². The number of hydrogen-bond donors (Lipinski definition) is 6. The minimum Gasteiger partial charge on any atom is -0.480 e. The highest BCUT2D eigenvalue weighted by Gasteiger charge is 2.30. The molecule has 0 saturated carbocycles. The van der Waals surface area contributed by atoms with Crippen molar-refractivity contribution in [2.24, 2.45) is 11.7 Å². The number of rotatable bonds is 10. The first-order valence-corrected chi connectivity index (χ1v) is 10.2. The van der Waals surface area contributed by atoms with Gasteiger partial charge in [-0.2, -0.15) is 12.6 Å². The van der Waals surface area contributed by atoms with Gasteiger partial charge in [-0.15, -0.1) is 0 Å². The van der Waals surface area contributed by atoms with Gasteiger partial charge in [0.05, 0.1) is 6.04 Å². The molecule has 4 atom stereocenters. The molecule has 8 nitrogen and oxygen atoms in total. The summed E-state index contributed by atoms with van der Waals surface area (Å²) in [5.74, 6) is -2.45. The second kappa shape index (κ2) is 10.3. The van der Waals surface area contributed by atoms with Gasteiger partial charge in [-0.25, -0.2) is 4.79 Å². The molecule has 9 heteroatoms. The standard InChI is InChI=1S/C20H28N4O4S/c1-3-11(2)17(20(27)28)24-19(26)16(10-29)23-18(25)14(21)8-12-9-22-15-7-5-4-6-13(12)15/h4-7,9,11,14,16-17,22,29H,3,8,10,21H2,1-2H3,(H,23,25)(H,24,26)(H,27,28). The third kappa shape index (κ3) is 5.74. The predicted octanol–water partition coefficient (Wildman–Crippen LogP) is 1.07. The third-order valence-electron chi connectivity index (χ3n) is 5.04. The molecule has 6 N–H and O–H groups in total. The van der Waals surface area contributed by atoms with Gasteiger partial charge in [0.25, 0.3) is 0 Å². The minimum atomic E-state index is -1.12. The van der Waals surface area contributed by atoms with Gasteiger partial charge in [0.15, 0.2) is 0 Å². The zero-order chi connectivity index (χ0) is 21.6. The van der Waals surface area contributed by atoms with Crippen molar-refractivity contribution in [1.82, 2.24) is 15.6 Å². The molecule has 0 aliphatic carbocycles. The lowest BCUT2D eigenvalue weighted by atomic mass is 9.99. The Morgan fingerprint density at radius 1 is 1.21 bits per heavy atom. The maximum Gasteiger partial charge on any atom is 0.326 e. The number of para-hydroxylation sites is 1. The molecule has 0 bridgehead atoms. The van der Waals surface area contributed by atoms with E-state index in [1.165, 1.54) is 0 Å². The number of thiol groups is 1. The van der Waals surface area contributed by atoms with E-state index in [-0.39, 0.29) is 11.7 Å². The topological polar surface area (TPSA) is 137 Å². The van der Waals surface area contributed by atoms with Crippen LogP contribution in [0.4, 0.5) is 0 Å². The minimum absolute atomic E-state index is 0.0181. The molecule has 0 aliphatic heterocycles. The lowest BCUT2D eigenvalue weighted by Crippen LogP contribution is -2.56. The van der Waals surface area contributed by atoms with Crippen LogP contribution in [0.25, 0.3) is 10.9 Å². The number of benzene rings is 1. The lowest BCUT2D eigenvalue weighted by Gasteiger charge is -2.24. The Bertz CT molecular complexity index is 869. The highest BCUT2D eigenvalue weighted by atomic mass is 32.1. The highest BCUT2D eigenvalue weighted by Crippen LogP contribution is 2.18. The van der Waals surface area contributed by atoms with E-state index in [1.54, 1.807) is 6.92 Å². The summed E-state index contributed by atoms with van der Waals surface area (Å²) >= 11 is 4.12. The van der Waals surface area contributed by atoms with Crippen LogP contribution < -0.4 is 16.4 Å². The van der Waals surface area contributed by atoms with Crippen molar-refractivity contribution in [3.05, 3.63) is 36.0 Å². The molecule has 0 aliphatic rings. The number of nitrogens with two attached hydrogens (primary N) is 1. The Morgan fingerprint density at radius 3 is 2.52 bits per heavy atom. The smallest absolute Gasteiger partial charge is 0.326 e. The van der Waals surface area contributed by atoms with Gasteiger partial charge in [0, 0.05) is 22.9 Å². The summed E-state index contributed by atoms with van der Waals surface area (Å²) in [5, 5.41) is 15.4. The van der Waals surface area contributed by atoms with Gasteiger partial charge in [0.2, 0.25) is 11.8 Å². The number of aromatic nitrogens is 1. The van der Waals surface area contributed by atoms with Crippen molar-refractivity contribution in [3.63, 3.8) is 0 Å². The number of carboxylic acids is 1. The average molecular weight is 421 g/mol. The molecule has 1 heterocycles. The molecule has 1 aromatic heterocycles. The lowest BCUT2D eigenvalue weighted by molar-refractivity contribution is -0.143. The molecule has 4 unspecified atom stereocenters. The van der Waals surface area contributed by atoms with Crippen LogP contribution in [-0.4, -0.2) is 51.8 Å². The summed E-state index contributed by atoms with van der Waals surface area (Å²) in [6.45, 7) is 3.58. The Labute approximate surface area is 175 Å². The van der Waals surface area contributed by atoms with Crippen LogP contribution in [0, 0.1) is 5.92 Å². The summed E-state index contributed by atoms with van der Waals surface area (Å²) in [6, 6.07) is 4.81. The van der Waals surface area contributed by atoms with Gasteiger partial charge in [0.1, 0.15) is 12.1 Å². The van der Waals surface area contributed by atoms with E-state index in [4.69, 9.17) is 5.73 Å². The summed E-state index contributed by atoms with van der Waals surface area (Å²) in [5.41, 5.74) is 7.90. The van der Waals surface area contributed by atoms with Gasteiger partial charge in [-0.3, -0.25) is 9.59 Å². The van der Waals surface area contributed by atoms with Crippen molar-refractivity contribution >= 4 is 41.3 Å². The number of carboxylic acid groups (broad SMARTS) is 1. The Balaban J connectivity index is 2.00. The fourth-order valence-electron chi connectivity index (χ4n) is 3.04. The first-order valence-electron chi connectivity index (χ1n) is 9.53. The molecule has 2 amide bonds. The van der Waals surface area contributed by atoms with E-state index < -0.39 is 35.9 Å². The van der Waals surface area contributed by atoms with E-state index in [0.717, 1.165) is 16.5 Å². The molecule has 0 spiro atoms. The van der Waals surface area contributed by atoms with E-state index in [9.17, 15) is 19.5 Å². The summed E-state index contributed by atoms with van der Waals surface area (Å²) in [6.07, 6.45) is 2.69. The van der Waals surface area contributed by atoms with Crippen molar-refractivity contribution < 1.29 is 19.5 Å². The third-order valence-corrected chi connectivity index (χ3v) is 5.41. The van der Waals surface area contributed by atoms with Crippen LogP contribution in [0.15, 0.2) is 30.5 Å². The molecule has 0 radical (unpaired) electrons. The van der Waals surface area contributed by atoms with Crippen molar-refractivity contribution in [2.45, 2.75) is 44.8 Å². The molecule has 2 aromatic rings. The largest absolute Gasteiger partial charge is 0.480 e. The molecule has 0 fully saturated rings. The first kappa shape index (κ1) is 22.8. The molecule has 0 saturated heterocycles. The SMILES string of the molecule is CCC(C)C(NC(=O)C(CS)NC(=O)C(N)Cc1c[nH]c2ccccc12)C(=O)O. The average Bonchev–Trinajstić information content (AvgIpc) is 3.11. The van der Waals surface area contributed by atoms with Gasteiger partial charge >= 0.3 is 5.97 Å². The first-order chi connectivity index (χ1) is 13.8. The van der Waals surface area contributed by atoms with Crippen LogP contribution in [-0.2, 0) is 20.8 Å². The van der Waals surface area contributed by atoms with Gasteiger partial charge in [-0.05, 0) is 24.0 Å². The second-order valence-electron chi connectivity index (χ2n) is 7.12. The Kier molecular flexibility index (Phi) is 8.10. The predicted molar refractivity (Wildman–Crippen MR) is 115 cm³/mol. The van der Waals surface area contributed by atoms with Crippen LogP contribution in [0.5, 0.6) is 0 Å². The zero-order valence-electron chi connectivity index (χ0n) is 16.5. The number of carbonyl (C=O) groups excluding carboxylic acids is 2. The summed E-state index contributed by atoms with van der Waals surface area (Å²) in [7, 11) is 0. The summed E-state index contributed by atoms with van der Waals surface area (Å²) < 4.78 is 0. The van der Waals surface area contributed by atoms with Crippen LogP contribution >= 0.6 is 12.6 Å². The van der Waals surface area contributed by atoms with Gasteiger partial charge < -0.3 is 26.5 Å². The van der Waals surface area contributed by atoms with E-state index in [1.807, 2.05) is 37.4 Å². The number of nitrogens with one attached hydrogen (secondary N) is 3. The van der Waals surface area contributed by atoms with Crippen molar-refractivity contribution in [3.8, 4) is 0 Å². The second-order valence-corrected chi connectivity index (χ2v) is 7.49. The summed E-state index contributed by atoms with van der Waals surface area (Å²) in [4.78, 5) is 39.5. The fraction of sp³-hybridized carbons (Fsp3) is 0.450. The van der Waals surface area contributed by atoms with E-state index in [2.05, 4.69) is 28.2 Å². The monoisotopic (exact) mass is 420 g/mol. The zero-order valence-corrected chi connectivity index (χ0v) is 17.4. The molecule has 2 rings (SSSR count). The van der Waals surface area contributed by atoms with Crippen molar-refractivity contribution in [1.29, 1.82) is 0 Å². The number of carbonyl (C=O) groups is 3. The van der Waals surface area contributed by atoms with E-state index >= 15 is 0 Å². The molecular formula is C20H28N4O4S. The Hall–Kier alpha value is -2.52. The fourth-order valence-corrected chi connectivity index (χ4v) is 3.30. The molecule has 158 valence electrons. The maximum atomic E-state index is 12.5. The number of aliphatic carboxylic acids is 1. The van der Waals surface area contributed by atoms with E-state index in [0.29, 0.717) is 12.8 Å². The quantitative estimate of drug-likeness (QED) is 0.319. The maximum absolute atomic E-state index is 12.5. The normalized spacial score (nSPS) is 15.3. The molecule has 29 heavy (non-hydrogen) atoms. The van der Waals surface area contributed by atoms with Crippen LogP contribution in [0.3, 0.4) is 0 Å². The highest BCUT2D eigenvalue weighted by molar-refractivity contribution is 7.80. The number of aromatic amines is 1. The molecule has 1 aromatic carbocycles. The van der Waals surface area contributed by atoms with Crippen LogP contribution in [0.1, 0.15) is 25.8 Å². The number of fused-ring (bicyclic) bond motifs is 1. The number of amides is 2. The van der Waals surface area contributed by atoms with Crippen molar-refractivity contribution in [2.75, 3.05) is 5.75 Å². The molecular weight excluding hydrogens is 392 g/mol. The Morgan fingerprint density at radius 2 is 1.90 bits per heavy atom. The number of hydrogen-bond acceptors (Lipinski definition) is 5.